The van der Waals surface area contributed by atoms with E-state index in [9.17, 15) is 0 Å². The van der Waals surface area contributed by atoms with Crippen LogP contribution in [0.3, 0.4) is 0 Å². The van der Waals surface area contributed by atoms with Crippen molar-refractivity contribution < 1.29 is 14.0 Å². The van der Waals surface area contributed by atoms with Crippen LogP contribution in [0, 0.1) is 0 Å². The molecule has 1 heterocycles. The minimum Gasteiger partial charge on any atom is -0.442 e. The molecule has 0 aromatic carbocycles. The largest absolute Gasteiger partial charge is 0.442 e. The second-order valence-corrected chi connectivity index (χ2v) is 3.20. The molecular weight excluding hydrogens is 180 g/mol. The molecule has 2 N–H and O–H groups in total. The molecule has 0 aromatic heterocycles. The lowest BCUT2D eigenvalue weighted by Gasteiger charge is -2.07. The van der Waals surface area contributed by atoms with Crippen LogP contribution in [-0.2, 0) is 4.43 Å². The number of hydrogen-bond donors (Lipinski definition) is 2. The SMILES string of the molecule is C1CC[SiH2]OC1.O[SiH3].O[SiH3]. The standard InChI is InChI=1S/C4H10OSi.2H4OSi/c1-2-4-6-5-3-1;2*1-2/h1-4,6H2;2*1H,2H3. The molecule has 1 fully saturated rings. The van der Waals surface area contributed by atoms with Gasteiger partial charge in [0, 0.05) is 6.61 Å². The molecule has 10 heavy (non-hydrogen) atoms. The molecule has 0 atom stereocenters. The summed E-state index contributed by atoms with van der Waals surface area (Å²) in [6, 6.07) is 1.42. The fraction of sp³-hybridized carbons (Fsp3) is 1.00. The molecule has 1 aliphatic heterocycles. The Morgan fingerprint density at radius 2 is 1.70 bits per heavy atom. The molecule has 0 radical (unpaired) electrons. The summed E-state index contributed by atoms with van der Waals surface area (Å²) in [4.78, 5) is 14.3. The van der Waals surface area contributed by atoms with E-state index >= 15 is 0 Å². The molecule has 3 nitrogen and oxygen atoms in total. The fourth-order valence-corrected chi connectivity index (χ4v) is 1.86. The van der Waals surface area contributed by atoms with Gasteiger partial charge in [0.2, 0.25) is 0 Å². The summed E-state index contributed by atoms with van der Waals surface area (Å²) in [7, 11) is 0.620. The minimum atomic E-state index is 0.00849. The van der Waals surface area contributed by atoms with Crippen molar-refractivity contribution in [3.63, 3.8) is 0 Å². The maximum absolute atomic E-state index is 7.14. The highest BCUT2D eigenvalue weighted by molar-refractivity contribution is 6.27. The summed E-state index contributed by atoms with van der Waals surface area (Å²) < 4.78 is 5.21. The predicted octanol–water partition coefficient (Wildman–Crippen LogP) is -3.18. The molecule has 0 bridgehead atoms. The van der Waals surface area contributed by atoms with Crippen LogP contribution < -0.4 is 0 Å². The molecule has 0 aromatic rings. The second-order valence-electron chi connectivity index (χ2n) is 1.67. The van der Waals surface area contributed by atoms with Gasteiger partial charge < -0.3 is 14.0 Å². The van der Waals surface area contributed by atoms with Crippen LogP contribution in [0.2, 0.25) is 6.04 Å². The van der Waals surface area contributed by atoms with Gasteiger partial charge in [-0.25, -0.2) is 0 Å². The van der Waals surface area contributed by atoms with Gasteiger partial charge in [0.25, 0.3) is 0 Å². The third kappa shape index (κ3) is 11.3. The average molecular weight is 198 g/mol. The van der Waals surface area contributed by atoms with Crippen LogP contribution in [-0.4, -0.2) is 46.9 Å². The van der Waals surface area contributed by atoms with Gasteiger partial charge in [-0.1, -0.05) is 6.42 Å². The quantitative estimate of drug-likeness (QED) is 0.404. The predicted molar refractivity (Wildman–Crippen MR) is 52.9 cm³/mol. The highest BCUT2D eigenvalue weighted by atomic mass is 28.2. The van der Waals surface area contributed by atoms with E-state index in [1.54, 1.807) is 0 Å². The van der Waals surface area contributed by atoms with Crippen molar-refractivity contribution in [3.05, 3.63) is 0 Å². The molecular formula is C4H18O3Si3. The van der Waals surface area contributed by atoms with Crippen molar-refractivity contribution in [1.82, 2.24) is 0 Å². The summed E-state index contributed by atoms with van der Waals surface area (Å²) in [5.41, 5.74) is 0. The minimum absolute atomic E-state index is 0.00849. The van der Waals surface area contributed by atoms with Crippen LogP contribution in [0.5, 0.6) is 0 Å². The van der Waals surface area contributed by atoms with Crippen LogP contribution in [0.1, 0.15) is 12.8 Å². The maximum atomic E-state index is 7.14. The maximum Gasteiger partial charge on any atom is 0.161 e. The lowest BCUT2D eigenvalue weighted by Crippen LogP contribution is -2.06. The van der Waals surface area contributed by atoms with Gasteiger partial charge in [-0.3, -0.25) is 0 Å². The van der Waals surface area contributed by atoms with Gasteiger partial charge >= 0.3 is 0 Å². The van der Waals surface area contributed by atoms with E-state index in [0.29, 0.717) is 21.0 Å². The van der Waals surface area contributed by atoms with E-state index in [1.807, 2.05) is 0 Å². The third-order valence-corrected chi connectivity index (χ3v) is 2.44. The first-order chi connectivity index (χ1) is 5.00. The Morgan fingerprint density at radius 3 is 1.80 bits per heavy atom. The van der Waals surface area contributed by atoms with Gasteiger partial charge in [0.1, 0.15) is 21.0 Å². The lowest BCUT2D eigenvalue weighted by molar-refractivity contribution is 0.304. The summed E-state index contributed by atoms with van der Waals surface area (Å²) in [6.45, 7) is 1.06. The highest BCUT2D eigenvalue weighted by Gasteiger charge is 1.96. The van der Waals surface area contributed by atoms with Crippen LogP contribution in [0.25, 0.3) is 0 Å². The smallest absolute Gasteiger partial charge is 0.161 e. The first-order valence-electron chi connectivity index (χ1n) is 3.47. The first kappa shape index (κ1) is 13.1. The molecule has 0 amide bonds. The van der Waals surface area contributed by atoms with E-state index in [2.05, 4.69) is 0 Å². The topological polar surface area (TPSA) is 49.7 Å². The zero-order chi connectivity index (χ0) is 8.24. The van der Waals surface area contributed by atoms with Gasteiger partial charge in [0.05, 0.1) is 0 Å². The molecule has 1 saturated heterocycles. The van der Waals surface area contributed by atoms with E-state index in [4.69, 9.17) is 14.0 Å². The molecule has 0 saturated carbocycles. The summed E-state index contributed by atoms with van der Waals surface area (Å²) in [5.74, 6) is 0. The van der Waals surface area contributed by atoms with E-state index in [1.165, 1.54) is 18.9 Å². The Balaban J connectivity index is 0. The van der Waals surface area contributed by atoms with E-state index in [0.717, 1.165) is 6.61 Å². The molecule has 1 rings (SSSR count). The second kappa shape index (κ2) is 16.3. The average Bonchev–Trinajstić information content (AvgIpc) is 2.14. The molecule has 0 aliphatic carbocycles. The fourth-order valence-electron chi connectivity index (χ4n) is 0.687. The summed E-state index contributed by atoms with van der Waals surface area (Å²) in [6.07, 6.45) is 2.75. The van der Waals surface area contributed by atoms with Crippen LogP contribution >= 0.6 is 0 Å². The molecule has 6 heteroatoms. The van der Waals surface area contributed by atoms with Gasteiger partial charge in [0.15, 0.2) is 9.76 Å². The van der Waals surface area contributed by atoms with Crippen LogP contribution in [0.15, 0.2) is 0 Å². The number of hydrogen-bond acceptors (Lipinski definition) is 3. The molecule has 1 aliphatic rings. The van der Waals surface area contributed by atoms with Gasteiger partial charge in [-0.05, 0) is 12.5 Å². The van der Waals surface area contributed by atoms with Gasteiger partial charge in [-0.2, -0.15) is 0 Å². The van der Waals surface area contributed by atoms with Crippen molar-refractivity contribution in [3.8, 4) is 0 Å². The van der Waals surface area contributed by atoms with Crippen molar-refractivity contribution in [2.45, 2.75) is 18.9 Å². The summed E-state index contributed by atoms with van der Waals surface area (Å²) >= 11 is 0. The number of rotatable bonds is 0. The van der Waals surface area contributed by atoms with Crippen LogP contribution in [0.4, 0.5) is 0 Å². The Bertz CT molecular complexity index is 31.2. The molecule has 0 unspecified atom stereocenters. The molecule has 0 spiro atoms. The van der Waals surface area contributed by atoms with Crippen molar-refractivity contribution in [2.75, 3.05) is 6.61 Å². The molecule has 64 valence electrons. The van der Waals surface area contributed by atoms with Crippen molar-refractivity contribution >= 4 is 30.7 Å². The first-order valence-corrected chi connectivity index (χ1v) is 6.84. The Labute approximate surface area is 70.8 Å². The zero-order valence-corrected chi connectivity index (χ0v) is 12.3. The Hall–Kier alpha value is 0.531. The Morgan fingerprint density at radius 1 is 1.10 bits per heavy atom. The third-order valence-electron chi connectivity index (χ3n) is 1.08. The zero-order valence-electron chi connectivity index (χ0n) is 6.84. The van der Waals surface area contributed by atoms with Crippen molar-refractivity contribution in [2.24, 2.45) is 0 Å². The summed E-state index contributed by atoms with van der Waals surface area (Å²) in [5, 5.41) is 0. The van der Waals surface area contributed by atoms with E-state index in [-0.39, 0.29) is 9.76 Å². The normalized spacial score (nSPS) is 18.6. The van der Waals surface area contributed by atoms with Gasteiger partial charge in [-0.15, -0.1) is 0 Å². The monoisotopic (exact) mass is 198 g/mol. The lowest BCUT2D eigenvalue weighted by atomic mass is 10.4. The van der Waals surface area contributed by atoms with E-state index < -0.39 is 0 Å². The van der Waals surface area contributed by atoms with Crippen molar-refractivity contribution in [1.29, 1.82) is 0 Å². The Kier molecular flexibility index (Phi) is 21.4. The highest BCUT2D eigenvalue weighted by Crippen LogP contribution is 2.01.